The number of nitrogens with one attached hydrogen (secondary N) is 1. The number of nitrogens with zero attached hydrogens (tertiary/aromatic N) is 1. The second kappa shape index (κ2) is 7.53. The first-order valence-electron chi connectivity index (χ1n) is 6.71. The van der Waals surface area contributed by atoms with Crippen molar-refractivity contribution in [3.63, 3.8) is 0 Å². The Labute approximate surface area is 119 Å². The van der Waals surface area contributed by atoms with E-state index >= 15 is 0 Å². The third kappa shape index (κ3) is 4.91. The largest absolute Gasteiger partial charge is 0.479 e. The molecule has 0 saturated carbocycles. The maximum absolute atomic E-state index is 12.0. The summed E-state index contributed by atoms with van der Waals surface area (Å²) in [7, 11) is 1.67. The first kappa shape index (κ1) is 16.0. The molecule has 0 heterocycles. The quantitative estimate of drug-likeness (QED) is 0.840. The number of urea groups is 1. The molecule has 20 heavy (non-hydrogen) atoms. The van der Waals surface area contributed by atoms with E-state index in [2.05, 4.69) is 19.2 Å². The highest BCUT2D eigenvalue weighted by Crippen LogP contribution is 2.13. The first-order chi connectivity index (χ1) is 9.41. The molecule has 0 aromatic heterocycles. The first-order valence-corrected chi connectivity index (χ1v) is 6.71. The molecule has 2 N–H and O–H groups in total. The van der Waals surface area contributed by atoms with Crippen molar-refractivity contribution in [1.29, 1.82) is 0 Å². The zero-order valence-electron chi connectivity index (χ0n) is 12.2. The van der Waals surface area contributed by atoms with Crippen molar-refractivity contribution in [2.75, 3.05) is 13.6 Å². The molecule has 0 aliphatic heterocycles. The zero-order valence-corrected chi connectivity index (χ0v) is 12.2. The van der Waals surface area contributed by atoms with Gasteiger partial charge in [0, 0.05) is 13.6 Å². The smallest absolute Gasteiger partial charge is 0.330 e. The summed E-state index contributed by atoms with van der Waals surface area (Å²) >= 11 is 0. The average Bonchev–Trinajstić information content (AvgIpc) is 2.42. The molecule has 0 spiro atoms. The van der Waals surface area contributed by atoms with E-state index < -0.39 is 12.0 Å². The van der Waals surface area contributed by atoms with Crippen LogP contribution in [0.25, 0.3) is 0 Å². The summed E-state index contributed by atoms with van der Waals surface area (Å²) in [6.07, 6.45) is 0.882. The summed E-state index contributed by atoms with van der Waals surface area (Å²) in [6, 6.07) is 7.28. The summed E-state index contributed by atoms with van der Waals surface area (Å²) < 4.78 is 0. The number of carbonyl (C=O) groups excluding carboxylic acids is 1. The van der Waals surface area contributed by atoms with E-state index in [0.29, 0.717) is 18.0 Å². The van der Waals surface area contributed by atoms with Crippen LogP contribution < -0.4 is 5.32 Å². The van der Waals surface area contributed by atoms with Gasteiger partial charge in [-0.25, -0.2) is 9.59 Å². The maximum atomic E-state index is 12.0. The average molecular weight is 278 g/mol. The van der Waals surface area contributed by atoms with Crippen molar-refractivity contribution in [3.8, 4) is 0 Å². The third-order valence-electron chi connectivity index (χ3n) is 3.04. The number of hydrogen-bond acceptors (Lipinski definition) is 2. The van der Waals surface area contributed by atoms with Crippen molar-refractivity contribution in [3.05, 3.63) is 35.9 Å². The van der Waals surface area contributed by atoms with E-state index in [0.717, 1.165) is 6.42 Å². The van der Waals surface area contributed by atoms with Gasteiger partial charge in [0.05, 0.1) is 0 Å². The molecule has 0 unspecified atom stereocenters. The normalized spacial score (nSPS) is 12.0. The van der Waals surface area contributed by atoms with Crippen LogP contribution in [0.5, 0.6) is 0 Å². The molecule has 0 radical (unpaired) electrons. The topological polar surface area (TPSA) is 69.6 Å². The van der Waals surface area contributed by atoms with E-state index in [9.17, 15) is 14.7 Å². The minimum absolute atomic E-state index is 0.373. The molecule has 1 aromatic carbocycles. The Balaban J connectivity index is 2.67. The van der Waals surface area contributed by atoms with Gasteiger partial charge in [0.15, 0.2) is 6.04 Å². The predicted molar refractivity (Wildman–Crippen MR) is 77.4 cm³/mol. The molecular weight excluding hydrogens is 256 g/mol. The van der Waals surface area contributed by atoms with Crippen LogP contribution in [-0.2, 0) is 4.79 Å². The van der Waals surface area contributed by atoms with Crippen LogP contribution in [0.1, 0.15) is 31.9 Å². The predicted octanol–water partition coefficient (Wildman–Crippen LogP) is 2.50. The van der Waals surface area contributed by atoms with Crippen molar-refractivity contribution in [2.24, 2.45) is 5.92 Å². The van der Waals surface area contributed by atoms with Crippen LogP contribution in [0.2, 0.25) is 0 Å². The van der Waals surface area contributed by atoms with Gasteiger partial charge in [-0.1, -0.05) is 44.2 Å². The number of aliphatic carboxylic acids is 1. The van der Waals surface area contributed by atoms with Gasteiger partial charge in [0.2, 0.25) is 0 Å². The number of hydrogen-bond donors (Lipinski definition) is 2. The molecule has 0 aliphatic rings. The minimum Gasteiger partial charge on any atom is -0.479 e. The van der Waals surface area contributed by atoms with Crippen molar-refractivity contribution < 1.29 is 14.7 Å². The fraction of sp³-hybridized carbons (Fsp3) is 0.467. The summed E-state index contributed by atoms with van der Waals surface area (Å²) in [5, 5.41) is 11.8. The molecular formula is C15H22N2O3. The lowest BCUT2D eigenvalue weighted by Crippen LogP contribution is -2.42. The molecule has 5 heteroatoms. The van der Waals surface area contributed by atoms with Gasteiger partial charge in [-0.2, -0.15) is 0 Å². The number of carbonyl (C=O) groups is 2. The highest BCUT2D eigenvalue weighted by atomic mass is 16.4. The standard InChI is InChI=1S/C15H22N2O3/c1-11(2)9-10-17(3)15(20)16-13(14(18)19)12-7-5-4-6-8-12/h4-8,11,13H,9-10H2,1-3H3,(H,16,20)(H,18,19)/t13-/m0/s1. The van der Waals surface area contributed by atoms with Crippen LogP contribution in [0.4, 0.5) is 4.79 Å². The fourth-order valence-corrected chi connectivity index (χ4v) is 1.72. The summed E-state index contributed by atoms with van der Waals surface area (Å²) in [4.78, 5) is 24.8. The van der Waals surface area contributed by atoms with E-state index in [1.165, 1.54) is 4.90 Å². The second-order valence-electron chi connectivity index (χ2n) is 5.24. The van der Waals surface area contributed by atoms with Crippen LogP contribution in [0.15, 0.2) is 30.3 Å². The van der Waals surface area contributed by atoms with Gasteiger partial charge < -0.3 is 15.3 Å². The van der Waals surface area contributed by atoms with E-state index in [-0.39, 0.29) is 6.03 Å². The number of rotatable bonds is 6. The third-order valence-corrected chi connectivity index (χ3v) is 3.04. The second-order valence-corrected chi connectivity index (χ2v) is 5.24. The molecule has 0 aliphatic carbocycles. The minimum atomic E-state index is -1.07. The van der Waals surface area contributed by atoms with E-state index in [1.807, 2.05) is 0 Å². The maximum Gasteiger partial charge on any atom is 0.330 e. The van der Waals surface area contributed by atoms with Gasteiger partial charge in [-0.05, 0) is 17.9 Å². The van der Waals surface area contributed by atoms with Gasteiger partial charge >= 0.3 is 12.0 Å². The molecule has 0 fully saturated rings. The van der Waals surface area contributed by atoms with Crippen LogP contribution in [0, 0.1) is 5.92 Å². The highest BCUT2D eigenvalue weighted by molar-refractivity contribution is 5.83. The van der Waals surface area contributed by atoms with Crippen molar-refractivity contribution in [1.82, 2.24) is 10.2 Å². The van der Waals surface area contributed by atoms with Crippen LogP contribution in [0.3, 0.4) is 0 Å². The number of benzene rings is 1. The van der Waals surface area contributed by atoms with Gasteiger partial charge in [0.1, 0.15) is 0 Å². The molecule has 0 bridgehead atoms. The summed E-state index contributed by atoms with van der Waals surface area (Å²) in [5.41, 5.74) is 0.561. The summed E-state index contributed by atoms with van der Waals surface area (Å²) in [6.45, 7) is 4.76. The van der Waals surface area contributed by atoms with Crippen molar-refractivity contribution >= 4 is 12.0 Å². The van der Waals surface area contributed by atoms with Gasteiger partial charge in [-0.15, -0.1) is 0 Å². The molecule has 2 amide bonds. The van der Waals surface area contributed by atoms with Crippen LogP contribution in [-0.4, -0.2) is 35.6 Å². The fourth-order valence-electron chi connectivity index (χ4n) is 1.72. The molecule has 0 saturated heterocycles. The lowest BCUT2D eigenvalue weighted by molar-refractivity contribution is -0.139. The Morgan fingerprint density at radius 1 is 1.25 bits per heavy atom. The Morgan fingerprint density at radius 2 is 1.85 bits per heavy atom. The highest BCUT2D eigenvalue weighted by Gasteiger charge is 2.23. The lowest BCUT2D eigenvalue weighted by atomic mass is 10.1. The Hall–Kier alpha value is -2.04. The molecule has 110 valence electrons. The molecule has 1 aromatic rings. The Morgan fingerprint density at radius 3 is 2.35 bits per heavy atom. The SMILES string of the molecule is CC(C)CCN(C)C(=O)N[C@H](C(=O)O)c1ccccc1. The Kier molecular flexibility index (Phi) is 6.03. The number of carboxylic acids is 1. The van der Waals surface area contributed by atoms with Crippen molar-refractivity contribution in [2.45, 2.75) is 26.3 Å². The summed E-state index contributed by atoms with van der Waals surface area (Å²) in [5.74, 6) is -0.573. The lowest BCUT2D eigenvalue weighted by Gasteiger charge is -2.22. The molecule has 5 nitrogen and oxygen atoms in total. The number of carboxylic acid groups (broad SMARTS) is 1. The van der Waals surface area contributed by atoms with Gasteiger partial charge in [0.25, 0.3) is 0 Å². The zero-order chi connectivity index (χ0) is 15.1. The molecule has 1 atom stereocenters. The van der Waals surface area contributed by atoms with Crippen LogP contribution >= 0.6 is 0 Å². The van der Waals surface area contributed by atoms with Gasteiger partial charge in [-0.3, -0.25) is 0 Å². The molecule has 1 rings (SSSR count). The van der Waals surface area contributed by atoms with E-state index in [1.54, 1.807) is 37.4 Å². The van der Waals surface area contributed by atoms with E-state index in [4.69, 9.17) is 0 Å². The Bertz CT molecular complexity index is 446. The monoisotopic (exact) mass is 278 g/mol. The number of amides is 2.